The first kappa shape index (κ1) is 51.6. The van der Waals surface area contributed by atoms with E-state index in [1.165, 1.54) is 16.8 Å². The minimum atomic E-state index is -2.69. The number of methoxy groups -OCH3 is 1. The van der Waals surface area contributed by atoms with Crippen LogP contribution in [0.1, 0.15) is 96.2 Å². The molecule has 2 heterocycles. The van der Waals surface area contributed by atoms with Gasteiger partial charge in [0, 0.05) is 25.2 Å². The molecule has 0 bridgehead atoms. The number of amides is 1. The van der Waals surface area contributed by atoms with Crippen molar-refractivity contribution in [1.29, 1.82) is 0 Å². The van der Waals surface area contributed by atoms with Crippen molar-refractivity contribution in [1.82, 2.24) is 14.9 Å². The van der Waals surface area contributed by atoms with E-state index >= 15 is 0 Å². The monoisotopic (exact) mass is 945 g/mol. The Kier molecular flexibility index (Phi) is 17.4. The highest BCUT2D eigenvalue weighted by Gasteiger charge is 2.54. The number of aryl methyl sites for hydroxylation is 1. The van der Waals surface area contributed by atoms with Crippen LogP contribution in [0.15, 0.2) is 101 Å². The molecule has 2 N–H and O–H groups in total. The third-order valence-corrected chi connectivity index (χ3v) is 26.0. The zero-order valence-corrected chi connectivity index (χ0v) is 44.4. The average Bonchev–Trinajstić information content (AvgIpc) is 3.58. The molecule has 1 aliphatic rings. The molecule has 1 aromatic heterocycles. The van der Waals surface area contributed by atoms with Crippen LogP contribution in [0.5, 0.6) is 5.75 Å². The Morgan fingerprint density at radius 1 is 0.862 bits per heavy atom. The topological polar surface area (TPSA) is 156 Å². The molecule has 4 aromatic rings. The third kappa shape index (κ3) is 11.9. The average molecular weight is 946 g/mol. The van der Waals surface area contributed by atoms with Crippen LogP contribution in [0.2, 0.25) is 35.3 Å². The molecule has 0 aliphatic carbocycles. The summed E-state index contributed by atoms with van der Waals surface area (Å²) in [6.45, 7) is 21.7. The van der Waals surface area contributed by atoms with E-state index in [9.17, 15) is 19.2 Å². The molecule has 2 unspecified atom stereocenters. The van der Waals surface area contributed by atoms with Gasteiger partial charge in [0.05, 0.1) is 20.1 Å². The van der Waals surface area contributed by atoms with Crippen molar-refractivity contribution in [2.24, 2.45) is 0 Å². The van der Waals surface area contributed by atoms with E-state index in [0.717, 1.165) is 34.7 Å². The summed E-state index contributed by atoms with van der Waals surface area (Å²) in [7, 11) is -2.35. The maximum absolute atomic E-state index is 14.0. The first-order valence-electron chi connectivity index (χ1n) is 22.8. The number of ether oxygens (including phenoxy) is 4. The summed E-state index contributed by atoms with van der Waals surface area (Å²) in [4.78, 5) is 55.4. The number of rotatable bonds is 21. The van der Waals surface area contributed by atoms with Crippen molar-refractivity contribution in [3.05, 3.63) is 134 Å². The van der Waals surface area contributed by atoms with Crippen LogP contribution in [0.25, 0.3) is 0 Å². The number of aromatic amines is 1. The predicted molar refractivity (Wildman–Crippen MR) is 262 cm³/mol. The molecule has 65 heavy (non-hydrogen) atoms. The van der Waals surface area contributed by atoms with Gasteiger partial charge in [-0.2, -0.15) is 0 Å². The molecule has 0 spiro atoms. The molecule has 1 amide bonds. The first-order valence-corrected chi connectivity index (χ1v) is 28.8. The van der Waals surface area contributed by atoms with Crippen molar-refractivity contribution in [3.63, 3.8) is 0 Å². The lowest BCUT2D eigenvalue weighted by molar-refractivity contribution is -0.159. The minimum Gasteiger partial charge on any atom is -0.497 e. The van der Waals surface area contributed by atoms with Gasteiger partial charge in [-0.1, -0.05) is 121 Å². The standard InChI is InChI=1S/C49H71N3O10Si3/c1-33(2)65(62-63,34(3)4)31-15-29-50-41(53)26-27-43(55)60-44-40(59-46(52-30-28-42(54)51-47(52)56)45(44)61-64(10,11)48(6,7)8)32-58-49(36-16-13-12-14-17-36,37-20-18-35(5)19-21-37)38-22-24-39(57-9)25-23-38/h12-14,16-25,28,30,33-34,40,44-46H,15,26-27,29,31-32H2,1-11,63H3,(H,50,53)(H,51,54,56)/t40-,44+,45?,46-,49?/m1/s1. The molecule has 1 fully saturated rings. The SMILES string of the molecule is COc1ccc(C(OC[C@H]2O[C@@H](n3ccc(=O)[nH]c3=O)C(O[Si](C)(C)C(C)(C)C)[C@H]2OC(=O)CCC(=O)NCCC[Si](O[SiH3])(C(C)C)C(C)C)(c2ccccc2)c2ccc(C)cc2)cc1. The summed E-state index contributed by atoms with van der Waals surface area (Å²) in [5.74, 6) is -0.210. The van der Waals surface area contributed by atoms with Crippen molar-refractivity contribution in [3.8, 4) is 5.75 Å². The van der Waals surface area contributed by atoms with E-state index in [-0.39, 0.29) is 30.4 Å². The van der Waals surface area contributed by atoms with Crippen LogP contribution in [0, 0.1) is 6.92 Å². The van der Waals surface area contributed by atoms with Crippen LogP contribution >= 0.6 is 0 Å². The number of carbonyl (C=O) groups excluding carboxylic acids is 2. The minimum absolute atomic E-state index is 0.0831. The number of esters is 1. The Bertz CT molecular complexity index is 2290. The third-order valence-electron chi connectivity index (χ3n) is 13.5. The highest BCUT2D eigenvalue weighted by atomic mass is 28.4. The van der Waals surface area contributed by atoms with Gasteiger partial charge >= 0.3 is 11.7 Å². The van der Waals surface area contributed by atoms with Gasteiger partial charge in [-0.15, -0.1) is 0 Å². The van der Waals surface area contributed by atoms with Gasteiger partial charge in [-0.3, -0.25) is 23.9 Å². The van der Waals surface area contributed by atoms with E-state index in [4.69, 9.17) is 27.5 Å². The largest absolute Gasteiger partial charge is 0.497 e. The highest BCUT2D eigenvalue weighted by Crippen LogP contribution is 2.45. The van der Waals surface area contributed by atoms with Crippen molar-refractivity contribution in [2.75, 3.05) is 20.3 Å². The number of hydrogen-bond acceptors (Lipinski definition) is 10. The van der Waals surface area contributed by atoms with Gasteiger partial charge in [0.25, 0.3) is 5.56 Å². The molecular formula is C49H71N3O10Si3. The lowest BCUT2D eigenvalue weighted by Gasteiger charge is -2.40. The van der Waals surface area contributed by atoms with Crippen LogP contribution < -0.4 is 21.3 Å². The number of nitrogens with one attached hydrogen (secondary N) is 2. The molecule has 5 atom stereocenters. The molecule has 16 heteroatoms. The molecule has 1 aliphatic heterocycles. The van der Waals surface area contributed by atoms with Gasteiger partial charge < -0.3 is 32.8 Å². The first-order chi connectivity index (χ1) is 30.7. The molecule has 354 valence electrons. The Hall–Kier alpha value is -4.43. The van der Waals surface area contributed by atoms with Gasteiger partial charge in [0.2, 0.25) is 5.91 Å². The van der Waals surface area contributed by atoms with Crippen LogP contribution in [0.3, 0.4) is 0 Å². The zero-order valence-electron chi connectivity index (χ0n) is 40.4. The van der Waals surface area contributed by atoms with Gasteiger partial charge in [0.1, 0.15) is 34.0 Å². The molecule has 0 saturated carbocycles. The van der Waals surface area contributed by atoms with Crippen LogP contribution in [0.4, 0.5) is 0 Å². The zero-order chi connectivity index (χ0) is 47.7. The van der Waals surface area contributed by atoms with Gasteiger partial charge in [-0.05, 0) is 77.4 Å². The van der Waals surface area contributed by atoms with Crippen molar-refractivity contribution >= 4 is 39.0 Å². The van der Waals surface area contributed by atoms with E-state index in [2.05, 4.69) is 71.9 Å². The normalized spacial score (nSPS) is 19.0. The Morgan fingerprint density at radius 3 is 2.02 bits per heavy atom. The van der Waals surface area contributed by atoms with E-state index < -0.39 is 64.0 Å². The molecule has 13 nitrogen and oxygen atoms in total. The number of carbonyl (C=O) groups is 2. The number of hydrogen-bond donors (Lipinski definition) is 2. The lowest BCUT2D eigenvalue weighted by atomic mass is 9.79. The predicted octanol–water partition coefficient (Wildman–Crippen LogP) is 7.41. The maximum atomic E-state index is 14.0. The molecule has 0 radical (unpaired) electrons. The van der Waals surface area contributed by atoms with E-state index in [0.29, 0.717) is 33.9 Å². The lowest BCUT2D eigenvalue weighted by Crippen LogP contribution is -2.51. The van der Waals surface area contributed by atoms with Gasteiger partial charge in [0.15, 0.2) is 29.0 Å². The van der Waals surface area contributed by atoms with Gasteiger partial charge in [-0.25, -0.2) is 4.79 Å². The molecular weight excluding hydrogens is 875 g/mol. The van der Waals surface area contributed by atoms with E-state index in [1.54, 1.807) is 7.11 Å². The number of benzene rings is 3. The highest BCUT2D eigenvalue weighted by molar-refractivity contribution is 6.78. The maximum Gasteiger partial charge on any atom is 0.330 e. The van der Waals surface area contributed by atoms with Crippen molar-refractivity contribution < 1.29 is 37.1 Å². The van der Waals surface area contributed by atoms with Crippen LogP contribution in [-0.2, 0) is 37.9 Å². The summed E-state index contributed by atoms with van der Waals surface area (Å²) in [6.07, 6.45) is -2.35. The Balaban J connectivity index is 1.51. The second-order valence-corrected chi connectivity index (χ2v) is 30.4. The summed E-state index contributed by atoms with van der Waals surface area (Å²) < 4.78 is 40.6. The summed E-state index contributed by atoms with van der Waals surface area (Å²) in [5.41, 5.74) is 1.98. The smallest absolute Gasteiger partial charge is 0.330 e. The summed E-state index contributed by atoms with van der Waals surface area (Å²) >= 11 is 0. The molecule has 5 rings (SSSR count). The summed E-state index contributed by atoms with van der Waals surface area (Å²) in [5, 5.41) is 2.70. The second-order valence-electron chi connectivity index (χ2n) is 19.3. The second kappa shape index (κ2) is 21.9. The van der Waals surface area contributed by atoms with E-state index in [1.807, 2.05) is 85.8 Å². The number of H-pyrrole nitrogens is 1. The summed E-state index contributed by atoms with van der Waals surface area (Å²) in [6, 6.07) is 27.8. The molecule has 3 aromatic carbocycles. The molecule has 1 saturated heterocycles. The fraction of sp³-hybridized carbons (Fsp3) is 0.510. The van der Waals surface area contributed by atoms with Crippen molar-refractivity contribution in [2.45, 2.75) is 140 Å². The fourth-order valence-corrected chi connectivity index (χ4v) is 17.7. The number of nitrogens with zero attached hydrogens (tertiary/aromatic N) is 1. The van der Waals surface area contributed by atoms with Crippen LogP contribution in [-0.4, -0.2) is 87.1 Å². The fourth-order valence-electron chi connectivity index (χ4n) is 8.65. The number of aromatic nitrogens is 2. The quantitative estimate of drug-likeness (QED) is 0.0374. The Morgan fingerprint density at radius 2 is 1.46 bits per heavy atom. The Labute approximate surface area is 389 Å².